The van der Waals surface area contributed by atoms with Crippen molar-refractivity contribution in [3.05, 3.63) is 17.5 Å². The van der Waals surface area contributed by atoms with Crippen LogP contribution >= 0.6 is 0 Å². The Morgan fingerprint density at radius 1 is 1.47 bits per heavy atom. The van der Waals surface area contributed by atoms with E-state index in [0.29, 0.717) is 11.5 Å². The normalized spacial score (nSPS) is 24.5. The van der Waals surface area contributed by atoms with E-state index in [1.54, 1.807) is 13.0 Å². The number of aliphatic hydroxyl groups is 1. The van der Waals surface area contributed by atoms with Crippen molar-refractivity contribution in [3.63, 3.8) is 0 Å². The van der Waals surface area contributed by atoms with Gasteiger partial charge in [-0.05, 0) is 25.7 Å². The molecule has 1 aliphatic carbocycles. The monoisotopic (exact) mass is 288 g/mol. The lowest BCUT2D eigenvalue weighted by Crippen LogP contribution is -2.43. The Bertz CT molecular complexity index is 512. The zero-order valence-electron chi connectivity index (χ0n) is 11.0. The zero-order valence-corrected chi connectivity index (χ0v) is 11.8. The molecule has 0 aliphatic heterocycles. The summed E-state index contributed by atoms with van der Waals surface area (Å²) in [5.41, 5.74) is 0.404. The predicted molar refractivity (Wildman–Crippen MR) is 69.8 cm³/mol. The number of hydrogen-bond donors (Lipinski definition) is 2. The van der Waals surface area contributed by atoms with E-state index in [1.807, 2.05) is 0 Å². The summed E-state index contributed by atoms with van der Waals surface area (Å²) < 4.78 is 31.7. The summed E-state index contributed by atoms with van der Waals surface area (Å²) in [6.45, 7) is 1.75. The van der Waals surface area contributed by atoms with Crippen molar-refractivity contribution >= 4 is 10.0 Å². The zero-order chi connectivity index (χ0) is 13.9. The molecule has 1 aromatic heterocycles. The number of rotatable bonds is 5. The predicted octanol–water partition coefficient (Wildman–Crippen LogP) is 0.954. The molecular weight excluding hydrogens is 268 g/mol. The van der Waals surface area contributed by atoms with Gasteiger partial charge in [-0.15, -0.1) is 0 Å². The standard InChI is InChI=1S/C12H20N2O4S/c1-9-6-11(13-18-9)8-19(16,17)14-12-5-3-2-4-10(12)7-15/h6,10,12,14-15H,2-5,7-8H2,1H3. The van der Waals surface area contributed by atoms with E-state index >= 15 is 0 Å². The van der Waals surface area contributed by atoms with E-state index in [2.05, 4.69) is 9.88 Å². The van der Waals surface area contributed by atoms with Crippen LogP contribution in [0.1, 0.15) is 37.1 Å². The molecule has 1 heterocycles. The Morgan fingerprint density at radius 3 is 2.84 bits per heavy atom. The van der Waals surface area contributed by atoms with Crippen molar-refractivity contribution in [2.24, 2.45) is 5.92 Å². The van der Waals surface area contributed by atoms with Gasteiger partial charge in [0.25, 0.3) is 0 Å². The van der Waals surface area contributed by atoms with E-state index in [9.17, 15) is 13.5 Å². The van der Waals surface area contributed by atoms with Gasteiger partial charge in [0.2, 0.25) is 10.0 Å². The number of nitrogens with zero attached hydrogens (tertiary/aromatic N) is 1. The third-order valence-corrected chi connectivity index (χ3v) is 4.83. The fraction of sp³-hybridized carbons (Fsp3) is 0.750. The molecule has 0 amide bonds. The first-order valence-electron chi connectivity index (χ1n) is 6.53. The lowest BCUT2D eigenvalue weighted by atomic mass is 9.86. The van der Waals surface area contributed by atoms with Gasteiger partial charge < -0.3 is 9.63 Å². The molecule has 0 aromatic carbocycles. The Labute approximate surface area is 113 Å². The maximum Gasteiger partial charge on any atom is 0.217 e. The summed E-state index contributed by atoms with van der Waals surface area (Å²) in [4.78, 5) is 0. The van der Waals surface area contributed by atoms with Crippen molar-refractivity contribution in [1.29, 1.82) is 0 Å². The number of sulfonamides is 1. The summed E-state index contributed by atoms with van der Waals surface area (Å²) in [7, 11) is -3.45. The first-order chi connectivity index (χ1) is 9.00. The van der Waals surface area contributed by atoms with Crippen LogP contribution in [0, 0.1) is 12.8 Å². The van der Waals surface area contributed by atoms with Gasteiger partial charge in [-0.25, -0.2) is 13.1 Å². The quantitative estimate of drug-likeness (QED) is 0.841. The summed E-state index contributed by atoms with van der Waals surface area (Å²) in [5.74, 6) is 0.428. The van der Waals surface area contributed by atoms with Crippen molar-refractivity contribution in [2.75, 3.05) is 6.61 Å². The van der Waals surface area contributed by atoms with E-state index in [1.165, 1.54) is 0 Å². The van der Waals surface area contributed by atoms with Crippen molar-refractivity contribution in [3.8, 4) is 0 Å². The third-order valence-electron chi connectivity index (χ3n) is 3.49. The summed E-state index contributed by atoms with van der Waals surface area (Å²) >= 11 is 0. The topological polar surface area (TPSA) is 92.4 Å². The number of aliphatic hydroxyl groups excluding tert-OH is 1. The molecule has 0 saturated heterocycles. The van der Waals surface area contributed by atoms with Gasteiger partial charge in [0.15, 0.2) is 0 Å². The van der Waals surface area contributed by atoms with E-state index in [4.69, 9.17) is 4.52 Å². The molecule has 1 saturated carbocycles. The van der Waals surface area contributed by atoms with Crippen LogP contribution in [0.15, 0.2) is 10.6 Å². The first-order valence-corrected chi connectivity index (χ1v) is 8.18. The maximum absolute atomic E-state index is 12.1. The highest BCUT2D eigenvalue weighted by Crippen LogP contribution is 2.24. The van der Waals surface area contributed by atoms with E-state index in [-0.39, 0.29) is 24.3 Å². The lowest BCUT2D eigenvalue weighted by molar-refractivity contribution is 0.164. The van der Waals surface area contributed by atoms with Gasteiger partial charge >= 0.3 is 0 Å². The number of hydrogen-bond acceptors (Lipinski definition) is 5. The van der Waals surface area contributed by atoms with Crippen molar-refractivity contribution < 1.29 is 18.0 Å². The fourth-order valence-corrected chi connectivity index (χ4v) is 3.91. The molecule has 1 aliphatic rings. The molecule has 108 valence electrons. The minimum absolute atomic E-state index is 0.0163. The second-order valence-corrected chi connectivity index (χ2v) is 6.89. The molecule has 1 fully saturated rings. The molecule has 0 spiro atoms. The van der Waals surface area contributed by atoms with Gasteiger partial charge in [-0.2, -0.15) is 0 Å². The molecular formula is C12H20N2O4S. The van der Waals surface area contributed by atoms with Gasteiger partial charge in [-0.3, -0.25) is 0 Å². The molecule has 6 nitrogen and oxygen atoms in total. The van der Waals surface area contributed by atoms with Crippen LogP contribution in [0.25, 0.3) is 0 Å². The largest absolute Gasteiger partial charge is 0.396 e. The van der Waals surface area contributed by atoms with Gasteiger partial charge in [0.05, 0.1) is 0 Å². The molecule has 2 atom stereocenters. The Kier molecular flexibility index (Phi) is 4.59. The van der Waals surface area contributed by atoms with Crippen LogP contribution < -0.4 is 4.72 Å². The highest BCUT2D eigenvalue weighted by atomic mass is 32.2. The summed E-state index contributed by atoms with van der Waals surface area (Å²) in [5, 5.41) is 13.0. The fourth-order valence-electron chi connectivity index (χ4n) is 2.53. The number of aryl methyl sites for hydroxylation is 1. The van der Waals surface area contributed by atoms with Gasteiger partial charge in [0.1, 0.15) is 17.2 Å². The molecule has 2 N–H and O–H groups in total. The average Bonchev–Trinajstić information content (AvgIpc) is 2.74. The molecule has 19 heavy (non-hydrogen) atoms. The van der Waals surface area contributed by atoms with Crippen LogP contribution in [-0.4, -0.2) is 31.3 Å². The number of nitrogens with one attached hydrogen (secondary N) is 1. The van der Waals surface area contributed by atoms with Gasteiger partial charge in [0, 0.05) is 18.7 Å². The molecule has 0 bridgehead atoms. The highest BCUT2D eigenvalue weighted by Gasteiger charge is 2.28. The molecule has 2 rings (SSSR count). The SMILES string of the molecule is Cc1cc(CS(=O)(=O)NC2CCCCC2CO)no1. The molecule has 7 heteroatoms. The first kappa shape index (κ1) is 14.5. The minimum Gasteiger partial charge on any atom is -0.396 e. The highest BCUT2D eigenvalue weighted by molar-refractivity contribution is 7.88. The molecule has 2 unspecified atom stereocenters. The Balaban J connectivity index is 1.99. The molecule has 1 aromatic rings. The Hall–Kier alpha value is -0.920. The van der Waals surface area contributed by atoms with E-state index in [0.717, 1.165) is 25.7 Å². The van der Waals surface area contributed by atoms with Crippen molar-refractivity contribution in [2.45, 2.75) is 44.4 Å². The third kappa shape index (κ3) is 4.02. The van der Waals surface area contributed by atoms with Crippen LogP contribution in [0.5, 0.6) is 0 Å². The second kappa shape index (κ2) is 6.02. The lowest BCUT2D eigenvalue weighted by Gasteiger charge is -2.30. The number of aromatic nitrogens is 1. The summed E-state index contributed by atoms with van der Waals surface area (Å²) in [6, 6.07) is 1.45. The van der Waals surface area contributed by atoms with Crippen molar-refractivity contribution in [1.82, 2.24) is 9.88 Å². The van der Waals surface area contributed by atoms with Crippen LogP contribution in [0.4, 0.5) is 0 Å². The minimum atomic E-state index is -3.45. The average molecular weight is 288 g/mol. The van der Waals surface area contributed by atoms with Crippen LogP contribution in [0.2, 0.25) is 0 Å². The summed E-state index contributed by atoms with van der Waals surface area (Å²) in [6.07, 6.45) is 3.69. The van der Waals surface area contributed by atoms with Crippen LogP contribution in [0.3, 0.4) is 0 Å². The van der Waals surface area contributed by atoms with Gasteiger partial charge in [-0.1, -0.05) is 18.0 Å². The smallest absolute Gasteiger partial charge is 0.217 e. The van der Waals surface area contributed by atoms with Crippen LogP contribution in [-0.2, 0) is 15.8 Å². The second-order valence-electron chi connectivity index (χ2n) is 5.14. The molecule has 0 radical (unpaired) electrons. The van der Waals surface area contributed by atoms with E-state index < -0.39 is 10.0 Å². The maximum atomic E-state index is 12.1. The Morgan fingerprint density at radius 2 is 2.21 bits per heavy atom.